The topological polar surface area (TPSA) is 45.5 Å². The third-order valence-corrected chi connectivity index (χ3v) is 2.68. The van der Waals surface area contributed by atoms with Crippen LogP contribution in [-0.4, -0.2) is 15.9 Å². The van der Waals surface area contributed by atoms with Crippen LogP contribution in [0, 0.1) is 13.8 Å². The summed E-state index contributed by atoms with van der Waals surface area (Å²) in [5, 5.41) is 12.6. The van der Waals surface area contributed by atoms with Gasteiger partial charge in [0.25, 0.3) is 0 Å². The molecule has 1 aromatic heterocycles. The van der Waals surface area contributed by atoms with Crippen LogP contribution in [0.25, 0.3) is 0 Å². The second-order valence-electron chi connectivity index (χ2n) is 4.01. The molecule has 0 saturated carbocycles. The fourth-order valence-electron chi connectivity index (χ4n) is 1.76. The van der Waals surface area contributed by atoms with E-state index in [9.17, 15) is 5.21 Å². The molecule has 2 aromatic rings. The summed E-state index contributed by atoms with van der Waals surface area (Å²) in [6.07, 6.45) is 3.39. The summed E-state index contributed by atoms with van der Waals surface area (Å²) in [5.74, 6) is 0. The van der Waals surface area contributed by atoms with E-state index < -0.39 is 0 Å². The lowest BCUT2D eigenvalue weighted by atomic mass is 9.97. The number of hydrogen-bond donors (Lipinski definition) is 1. The maximum atomic E-state index is 9.21. The van der Waals surface area contributed by atoms with Crippen molar-refractivity contribution >= 4 is 5.71 Å². The first kappa shape index (κ1) is 11.3. The van der Waals surface area contributed by atoms with Crippen molar-refractivity contribution in [3.63, 3.8) is 0 Å². The molecule has 0 amide bonds. The van der Waals surface area contributed by atoms with Crippen LogP contribution >= 0.6 is 0 Å². The Morgan fingerprint density at radius 3 is 2.71 bits per heavy atom. The van der Waals surface area contributed by atoms with Gasteiger partial charge in [-0.2, -0.15) is 0 Å². The first-order valence-corrected chi connectivity index (χ1v) is 5.42. The van der Waals surface area contributed by atoms with Crippen molar-refractivity contribution in [2.24, 2.45) is 5.16 Å². The van der Waals surface area contributed by atoms with Gasteiger partial charge in [0.05, 0.1) is 0 Å². The normalized spacial score (nSPS) is 11.5. The molecule has 3 nitrogen and oxygen atoms in total. The molecule has 1 heterocycles. The Morgan fingerprint density at radius 1 is 1.24 bits per heavy atom. The summed E-state index contributed by atoms with van der Waals surface area (Å²) < 4.78 is 0. The molecule has 0 aliphatic rings. The molecule has 0 aliphatic heterocycles. The van der Waals surface area contributed by atoms with E-state index in [1.807, 2.05) is 44.2 Å². The standard InChI is InChI=1S/C14H14N2O/c1-10-5-6-11(2)13(8-10)14(16-17)12-4-3-7-15-9-12/h3-9,17H,1-2H3/b16-14-. The van der Waals surface area contributed by atoms with Crippen LogP contribution < -0.4 is 0 Å². The third kappa shape index (κ3) is 2.33. The minimum atomic E-state index is 0.555. The largest absolute Gasteiger partial charge is 0.410 e. The molecule has 0 aliphatic carbocycles. The molecule has 0 radical (unpaired) electrons. The van der Waals surface area contributed by atoms with Gasteiger partial charge in [-0.05, 0) is 37.6 Å². The lowest BCUT2D eigenvalue weighted by Gasteiger charge is -2.08. The highest BCUT2D eigenvalue weighted by Crippen LogP contribution is 2.16. The summed E-state index contributed by atoms with van der Waals surface area (Å²) in [7, 11) is 0. The summed E-state index contributed by atoms with van der Waals surface area (Å²) in [6.45, 7) is 4.01. The Hall–Kier alpha value is -2.16. The van der Waals surface area contributed by atoms with Crippen LogP contribution in [0.5, 0.6) is 0 Å². The number of pyridine rings is 1. The van der Waals surface area contributed by atoms with Gasteiger partial charge in [0.15, 0.2) is 0 Å². The number of hydrogen-bond acceptors (Lipinski definition) is 3. The number of oxime groups is 1. The first-order valence-electron chi connectivity index (χ1n) is 5.42. The molecule has 1 aromatic carbocycles. The van der Waals surface area contributed by atoms with Gasteiger partial charge in [-0.3, -0.25) is 4.98 Å². The lowest BCUT2D eigenvalue weighted by molar-refractivity contribution is 0.319. The zero-order chi connectivity index (χ0) is 12.3. The minimum absolute atomic E-state index is 0.555. The third-order valence-electron chi connectivity index (χ3n) is 2.68. The molecular weight excluding hydrogens is 212 g/mol. The van der Waals surface area contributed by atoms with Crippen molar-refractivity contribution in [2.75, 3.05) is 0 Å². The Bertz CT molecular complexity index is 547. The monoisotopic (exact) mass is 226 g/mol. The highest BCUT2D eigenvalue weighted by Gasteiger charge is 2.10. The maximum Gasteiger partial charge on any atom is 0.118 e. The fraction of sp³-hybridized carbons (Fsp3) is 0.143. The zero-order valence-electron chi connectivity index (χ0n) is 9.88. The van der Waals surface area contributed by atoms with Gasteiger partial charge in [0.2, 0.25) is 0 Å². The second kappa shape index (κ2) is 4.78. The van der Waals surface area contributed by atoms with E-state index in [2.05, 4.69) is 10.1 Å². The Kier molecular flexibility index (Phi) is 3.19. The molecule has 86 valence electrons. The second-order valence-corrected chi connectivity index (χ2v) is 4.01. The van der Waals surface area contributed by atoms with E-state index in [1.54, 1.807) is 12.4 Å². The van der Waals surface area contributed by atoms with Gasteiger partial charge in [-0.25, -0.2) is 0 Å². The van der Waals surface area contributed by atoms with Crippen molar-refractivity contribution in [3.8, 4) is 0 Å². The van der Waals surface area contributed by atoms with Crippen molar-refractivity contribution < 1.29 is 5.21 Å². The Balaban J connectivity index is 2.54. The lowest BCUT2D eigenvalue weighted by Crippen LogP contribution is -2.06. The maximum absolute atomic E-state index is 9.21. The van der Waals surface area contributed by atoms with Crippen molar-refractivity contribution in [1.29, 1.82) is 0 Å². The molecule has 0 fully saturated rings. The highest BCUT2D eigenvalue weighted by molar-refractivity contribution is 6.13. The SMILES string of the molecule is Cc1ccc(C)c(/C(=N\O)c2cccnc2)c1. The van der Waals surface area contributed by atoms with Crippen LogP contribution in [0.4, 0.5) is 0 Å². The van der Waals surface area contributed by atoms with Crippen LogP contribution in [0.3, 0.4) is 0 Å². The first-order chi connectivity index (χ1) is 8.22. The molecular formula is C14H14N2O. The van der Waals surface area contributed by atoms with Crippen molar-refractivity contribution in [3.05, 3.63) is 65.0 Å². The molecule has 0 bridgehead atoms. The van der Waals surface area contributed by atoms with Gasteiger partial charge in [0, 0.05) is 23.5 Å². The summed E-state index contributed by atoms with van der Waals surface area (Å²) >= 11 is 0. The van der Waals surface area contributed by atoms with E-state index in [1.165, 1.54) is 0 Å². The number of nitrogens with zero attached hydrogens (tertiary/aromatic N) is 2. The molecule has 2 rings (SSSR count). The van der Waals surface area contributed by atoms with Gasteiger partial charge >= 0.3 is 0 Å². The summed E-state index contributed by atoms with van der Waals surface area (Å²) in [6, 6.07) is 9.77. The van der Waals surface area contributed by atoms with E-state index in [0.717, 1.165) is 22.3 Å². The zero-order valence-corrected chi connectivity index (χ0v) is 9.88. The number of aromatic nitrogens is 1. The Morgan fingerprint density at radius 2 is 2.06 bits per heavy atom. The van der Waals surface area contributed by atoms with E-state index >= 15 is 0 Å². The van der Waals surface area contributed by atoms with Gasteiger partial charge in [-0.15, -0.1) is 0 Å². The fourth-order valence-corrected chi connectivity index (χ4v) is 1.76. The smallest absolute Gasteiger partial charge is 0.118 e. The molecule has 0 unspecified atom stereocenters. The average Bonchev–Trinajstić information content (AvgIpc) is 2.36. The number of rotatable bonds is 2. The van der Waals surface area contributed by atoms with Crippen LogP contribution in [0.2, 0.25) is 0 Å². The summed E-state index contributed by atoms with van der Waals surface area (Å²) in [4.78, 5) is 4.04. The average molecular weight is 226 g/mol. The predicted molar refractivity (Wildman–Crippen MR) is 67.6 cm³/mol. The van der Waals surface area contributed by atoms with E-state index in [0.29, 0.717) is 5.71 Å². The molecule has 3 heteroatoms. The van der Waals surface area contributed by atoms with Crippen molar-refractivity contribution in [2.45, 2.75) is 13.8 Å². The predicted octanol–water partition coefficient (Wildman–Crippen LogP) is 2.93. The van der Waals surface area contributed by atoms with Crippen LogP contribution in [-0.2, 0) is 0 Å². The molecule has 0 spiro atoms. The van der Waals surface area contributed by atoms with Crippen LogP contribution in [0.1, 0.15) is 22.3 Å². The van der Waals surface area contributed by atoms with Crippen LogP contribution in [0.15, 0.2) is 47.9 Å². The number of aryl methyl sites for hydroxylation is 2. The van der Waals surface area contributed by atoms with Gasteiger partial charge in [0.1, 0.15) is 5.71 Å². The molecule has 17 heavy (non-hydrogen) atoms. The van der Waals surface area contributed by atoms with Gasteiger partial charge in [-0.1, -0.05) is 22.9 Å². The van der Waals surface area contributed by atoms with E-state index in [-0.39, 0.29) is 0 Å². The quantitative estimate of drug-likeness (QED) is 0.486. The Labute approximate surface area is 100 Å². The number of benzene rings is 1. The van der Waals surface area contributed by atoms with Crippen molar-refractivity contribution in [1.82, 2.24) is 4.98 Å². The molecule has 0 saturated heterocycles. The summed E-state index contributed by atoms with van der Waals surface area (Å²) in [5.41, 5.74) is 4.51. The highest BCUT2D eigenvalue weighted by atomic mass is 16.4. The van der Waals surface area contributed by atoms with E-state index in [4.69, 9.17) is 0 Å². The molecule has 1 N–H and O–H groups in total. The minimum Gasteiger partial charge on any atom is -0.410 e. The molecule has 0 atom stereocenters. The van der Waals surface area contributed by atoms with Gasteiger partial charge < -0.3 is 5.21 Å².